The zero-order valence-corrected chi connectivity index (χ0v) is 10.3. The third-order valence-electron chi connectivity index (χ3n) is 3.21. The fourth-order valence-electron chi connectivity index (χ4n) is 1.96. The van der Waals surface area contributed by atoms with Crippen LogP contribution in [0.25, 0.3) is 0 Å². The normalized spacial score (nSPS) is 20.7. The largest absolute Gasteiger partial charge is 0.481 e. The Morgan fingerprint density at radius 3 is 2.53 bits per heavy atom. The highest BCUT2D eigenvalue weighted by molar-refractivity contribution is 6.00. The van der Waals surface area contributed by atoms with Crippen molar-refractivity contribution < 1.29 is 19.5 Å². The molecule has 1 aromatic carbocycles. The molecular weight excluding hydrogens is 248 g/mol. The second-order valence-corrected chi connectivity index (χ2v) is 4.67. The van der Waals surface area contributed by atoms with Crippen molar-refractivity contribution in [2.75, 3.05) is 5.32 Å². The summed E-state index contributed by atoms with van der Waals surface area (Å²) in [6, 6.07) is 4.82. The third kappa shape index (κ3) is 2.73. The first-order valence-corrected chi connectivity index (χ1v) is 5.84. The third-order valence-corrected chi connectivity index (χ3v) is 3.21. The number of aliphatic carboxylic acids is 1. The van der Waals surface area contributed by atoms with Crippen LogP contribution in [-0.4, -0.2) is 22.9 Å². The molecule has 0 aromatic heterocycles. The van der Waals surface area contributed by atoms with Crippen molar-refractivity contribution >= 4 is 23.5 Å². The van der Waals surface area contributed by atoms with E-state index in [-0.39, 0.29) is 5.91 Å². The molecule has 0 aliphatic heterocycles. The monoisotopic (exact) mass is 262 g/mol. The Hall–Kier alpha value is -2.37. The quantitative estimate of drug-likeness (QED) is 0.743. The highest BCUT2D eigenvalue weighted by Crippen LogP contribution is 2.39. The van der Waals surface area contributed by atoms with Crippen molar-refractivity contribution in [1.82, 2.24) is 0 Å². The number of benzene rings is 1. The van der Waals surface area contributed by atoms with Gasteiger partial charge in [0.25, 0.3) is 0 Å². The minimum absolute atomic E-state index is 0.336. The predicted molar refractivity (Wildman–Crippen MR) is 67.6 cm³/mol. The number of hydrogen-bond donors (Lipinski definition) is 3. The summed E-state index contributed by atoms with van der Waals surface area (Å²) in [6.45, 7) is 1.74. The number of carboxylic acids is 1. The average Bonchev–Trinajstić information content (AvgIpc) is 3.11. The molecule has 1 aromatic rings. The van der Waals surface area contributed by atoms with E-state index in [9.17, 15) is 14.4 Å². The molecule has 19 heavy (non-hydrogen) atoms. The average molecular weight is 262 g/mol. The van der Waals surface area contributed by atoms with E-state index in [4.69, 9.17) is 10.8 Å². The highest BCUT2D eigenvalue weighted by Gasteiger charge is 2.48. The van der Waals surface area contributed by atoms with Gasteiger partial charge in [-0.2, -0.15) is 0 Å². The zero-order valence-electron chi connectivity index (χ0n) is 10.3. The summed E-state index contributed by atoms with van der Waals surface area (Å²) in [5.41, 5.74) is 6.72. The van der Waals surface area contributed by atoms with Crippen LogP contribution in [0.2, 0.25) is 0 Å². The van der Waals surface area contributed by atoms with Crippen molar-refractivity contribution in [3.05, 3.63) is 29.3 Å². The van der Waals surface area contributed by atoms with Crippen molar-refractivity contribution in [2.45, 2.75) is 13.3 Å². The standard InChI is InChI=1S/C13H14N2O4/c1-6-2-3-7(4-8(6)11(14)16)15-12(17)9-5-10(9)13(18)19/h2-4,9-10H,5H2,1H3,(H2,14,16)(H,15,17)(H,18,19). The van der Waals surface area contributed by atoms with E-state index in [2.05, 4.69) is 5.32 Å². The molecule has 1 fully saturated rings. The van der Waals surface area contributed by atoms with Gasteiger partial charge >= 0.3 is 5.97 Å². The van der Waals surface area contributed by atoms with Crippen LogP contribution in [0.3, 0.4) is 0 Å². The van der Waals surface area contributed by atoms with Crippen molar-refractivity contribution in [3.8, 4) is 0 Å². The molecule has 4 N–H and O–H groups in total. The minimum Gasteiger partial charge on any atom is -0.481 e. The smallest absolute Gasteiger partial charge is 0.307 e. The topological polar surface area (TPSA) is 109 Å². The maximum absolute atomic E-state index is 11.8. The first-order valence-electron chi connectivity index (χ1n) is 5.84. The van der Waals surface area contributed by atoms with Crippen molar-refractivity contribution in [3.63, 3.8) is 0 Å². The fourth-order valence-corrected chi connectivity index (χ4v) is 1.96. The lowest BCUT2D eigenvalue weighted by atomic mass is 10.1. The van der Waals surface area contributed by atoms with Gasteiger partial charge in [-0.1, -0.05) is 6.07 Å². The highest BCUT2D eigenvalue weighted by atomic mass is 16.4. The zero-order chi connectivity index (χ0) is 14.2. The molecule has 100 valence electrons. The van der Waals surface area contributed by atoms with Crippen molar-refractivity contribution in [2.24, 2.45) is 17.6 Å². The maximum Gasteiger partial charge on any atom is 0.307 e. The summed E-state index contributed by atoms with van der Waals surface area (Å²) < 4.78 is 0. The minimum atomic E-state index is -0.957. The van der Waals surface area contributed by atoms with Gasteiger partial charge in [0, 0.05) is 11.3 Å². The Kier molecular flexibility index (Phi) is 3.25. The van der Waals surface area contributed by atoms with Crippen LogP contribution in [-0.2, 0) is 9.59 Å². The molecule has 0 heterocycles. The van der Waals surface area contributed by atoms with Gasteiger partial charge in [-0.05, 0) is 31.0 Å². The van der Waals surface area contributed by atoms with E-state index in [1.165, 1.54) is 6.07 Å². The second-order valence-electron chi connectivity index (χ2n) is 4.67. The molecule has 1 saturated carbocycles. The summed E-state index contributed by atoms with van der Waals surface area (Å²) in [5, 5.41) is 11.4. The number of primary amides is 1. The Balaban J connectivity index is 2.08. The fraction of sp³-hybridized carbons (Fsp3) is 0.308. The van der Waals surface area contributed by atoms with Crippen LogP contribution in [0.1, 0.15) is 22.3 Å². The number of aryl methyl sites for hydroxylation is 1. The molecule has 0 bridgehead atoms. The number of carbonyl (C=O) groups excluding carboxylic acids is 2. The number of carbonyl (C=O) groups is 3. The summed E-state index contributed by atoms with van der Waals surface area (Å²) in [4.78, 5) is 33.6. The molecule has 2 atom stereocenters. The molecule has 0 saturated heterocycles. The van der Waals surface area contributed by atoms with Crippen LogP contribution in [0, 0.1) is 18.8 Å². The summed E-state index contributed by atoms with van der Waals surface area (Å²) >= 11 is 0. The van der Waals surface area contributed by atoms with Crippen LogP contribution in [0.4, 0.5) is 5.69 Å². The Morgan fingerprint density at radius 2 is 2.00 bits per heavy atom. The maximum atomic E-state index is 11.8. The van der Waals surface area contributed by atoms with Gasteiger partial charge in [-0.3, -0.25) is 14.4 Å². The molecular formula is C13H14N2O4. The molecule has 2 rings (SSSR count). The van der Waals surface area contributed by atoms with E-state index >= 15 is 0 Å². The summed E-state index contributed by atoms with van der Waals surface area (Å²) in [6.07, 6.45) is 0.357. The van der Waals surface area contributed by atoms with Crippen LogP contribution in [0.5, 0.6) is 0 Å². The molecule has 2 unspecified atom stereocenters. The van der Waals surface area contributed by atoms with Gasteiger partial charge in [0.1, 0.15) is 0 Å². The Bertz CT molecular complexity index is 568. The predicted octanol–water partition coefficient (Wildman–Crippen LogP) is 0.753. The summed E-state index contributed by atoms with van der Waals surface area (Å²) in [5.74, 6) is -2.95. The lowest BCUT2D eigenvalue weighted by molar-refractivity contribution is -0.139. The number of nitrogens with two attached hydrogens (primary N) is 1. The molecule has 2 amide bonds. The van der Waals surface area contributed by atoms with E-state index in [0.717, 1.165) is 5.56 Å². The van der Waals surface area contributed by atoms with Gasteiger partial charge in [0.15, 0.2) is 0 Å². The Labute approximate surface area is 109 Å². The molecule has 6 heteroatoms. The SMILES string of the molecule is Cc1ccc(NC(=O)C2CC2C(=O)O)cc1C(N)=O. The van der Waals surface area contributed by atoms with Gasteiger partial charge in [0.05, 0.1) is 11.8 Å². The number of hydrogen-bond acceptors (Lipinski definition) is 3. The van der Waals surface area contributed by atoms with Gasteiger partial charge in [-0.15, -0.1) is 0 Å². The number of amides is 2. The number of rotatable bonds is 4. The first-order chi connectivity index (χ1) is 8.90. The van der Waals surface area contributed by atoms with E-state index < -0.39 is 23.7 Å². The first kappa shape index (κ1) is 13.1. The van der Waals surface area contributed by atoms with Crippen LogP contribution < -0.4 is 11.1 Å². The van der Waals surface area contributed by atoms with E-state index in [0.29, 0.717) is 17.7 Å². The lowest BCUT2D eigenvalue weighted by Crippen LogP contribution is -2.18. The summed E-state index contributed by atoms with van der Waals surface area (Å²) in [7, 11) is 0. The van der Waals surface area contributed by atoms with Crippen molar-refractivity contribution in [1.29, 1.82) is 0 Å². The lowest BCUT2D eigenvalue weighted by Gasteiger charge is -2.07. The molecule has 1 aliphatic rings. The second kappa shape index (κ2) is 4.72. The van der Waals surface area contributed by atoms with Gasteiger partial charge < -0.3 is 16.2 Å². The Morgan fingerprint density at radius 1 is 1.32 bits per heavy atom. The molecule has 6 nitrogen and oxygen atoms in total. The number of nitrogens with one attached hydrogen (secondary N) is 1. The van der Waals surface area contributed by atoms with Crippen LogP contribution >= 0.6 is 0 Å². The number of anilines is 1. The molecule has 0 radical (unpaired) electrons. The van der Waals surface area contributed by atoms with Gasteiger partial charge in [0.2, 0.25) is 11.8 Å². The molecule has 0 spiro atoms. The van der Waals surface area contributed by atoms with E-state index in [1.54, 1.807) is 19.1 Å². The van der Waals surface area contributed by atoms with Gasteiger partial charge in [-0.25, -0.2) is 0 Å². The molecule has 1 aliphatic carbocycles. The van der Waals surface area contributed by atoms with Crippen LogP contribution in [0.15, 0.2) is 18.2 Å². The van der Waals surface area contributed by atoms with E-state index in [1.807, 2.05) is 0 Å². The number of carboxylic acid groups (broad SMARTS) is 1.